The molecule has 1 aliphatic heterocycles. The third-order valence-electron chi connectivity index (χ3n) is 5.24. The van der Waals surface area contributed by atoms with E-state index >= 15 is 0 Å². The summed E-state index contributed by atoms with van der Waals surface area (Å²) in [5, 5.41) is 9.83. The molecular formula is C24H18F3N3O3S. The zero-order chi connectivity index (χ0) is 24.2. The summed E-state index contributed by atoms with van der Waals surface area (Å²) >= 11 is 0.958. The van der Waals surface area contributed by atoms with Gasteiger partial charge in [-0.1, -0.05) is 12.1 Å². The van der Waals surface area contributed by atoms with Gasteiger partial charge in [0, 0.05) is 13.1 Å². The first-order chi connectivity index (χ1) is 16.4. The van der Waals surface area contributed by atoms with Crippen LogP contribution in [0.5, 0.6) is 5.75 Å². The van der Waals surface area contributed by atoms with Crippen molar-refractivity contribution in [1.82, 2.24) is 9.47 Å². The lowest BCUT2D eigenvalue weighted by molar-refractivity contribution is -0.123. The smallest absolute Gasteiger partial charge is 0.387 e. The first-order valence-corrected chi connectivity index (χ1v) is 11.2. The predicted octanol–water partition coefficient (Wildman–Crippen LogP) is 2.76. The zero-order valence-corrected chi connectivity index (χ0v) is 18.5. The van der Waals surface area contributed by atoms with Gasteiger partial charge in [0.25, 0.3) is 11.5 Å². The van der Waals surface area contributed by atoms with Gasteiger partial charge in [-0.3, -0.25) is 14.2 Å². The van der Waals surface area contributed by atoms with Gasteiger partial charge >= 0.3 is 6.61 Å². The van der Waals surface area contributed by atoms with E-state index in [9.17, 15) is 28.0 Å². The molecule has 0 atom stereocenters. The lowest BCUT2D eigenvalue weighted by Crippen LogP contribution is -2.35. The van der Waals surface area contributed by atoms with Gasteiger partial charge in [0.15, 0.2) is 5.57 Å². The minimum absolute atomic E-state index is 0.0287. The van der Waals surface area contributed by atoms with Gasteiger partial charge in [-0.05, 0) is 60.9 Å². The predicted molar refractivity (Wildman–Crippen MR) is 121 cm³/mol. The summed E-state index contributed by atoms with van der Waals surface area (Å²) in [4.78, 5) is 27.9. The average Bonchev–Trinajstić information content (AvgIpc) is 3.45. The van der Waals surface area contributed by atoms with Gasteiger partial charge in [0.2, 0.25) is 0 Å². The number of rotatable bonds is 5. The number of carbonyl (C=O) groups excluding carboxylic acids is 1. The molecule has 0 saturated carbocycles. The summed E-state index contributed by atoms with van der Waals surface area (Å²) in [7, 11) is 0. The van der Waals surface area contributed by atoms with Gasteiger partial charge in [-0.2, -0.15) is 14.0 Å². The molecule has 4 rings (SSSR count). The average molecular weight is 485 g/mol. The second-order valence-corrected chi connectivity index (χ2v) is 8.50. The van der Waals surface area contributed by atoms with E-state index in [1.54, 1.807) is 4.90 Å². The number of benzene rings is 2. The number of thiazole rings is 1. The quantitative estimate of drug-likeness (QED) is 0.557. The molecule has 6 nitrogen and oxygen atoms in total. The van der Waals surface area contributed by atoms with E-state index in [0.717, 1.165) is 24.2 Å². The van der Waals surface area contributed by atoms with Gasteiger partial charge in [-0.15, -0.1) is 11.3 Å². The Labute approximate surface area is 196 Å². The number of nitrogens with zero attached hydrogens (tertiary/aromatic N) is 3. The molecule has 2 aromatic carbocycles. The highest BCUT2D eigenvalue weighted by atomic mass is 32.1. The SMILES string of the molecule is N#C/C(C(=O)N1CCCC1)=c1/s/c(=C\c2ccc(OC(F)F)cc2)c(=O)n1-c1ccc(F)cc1. The van der Waals surface area contributed by atoms with Crippen LogP contribution < -0.4 is 19.5 Å². The Balaban J connectivity index is 1.91. The molecule has 0 radical (unpaired) electrons. The molecule has 34 heavy (non-hydrogen) atoms. The number of alkyl halides is 2. The van der Waals surface area contributed by atoms with Crippen molar-refractivity contribution in [2.24, 2.45) is 0 Å². The lowest BCUT2D eigenvalue weighted by Gasteiger charge is -2.14. The van der Waals surface area contributed by atoms with Gasteiger partial charge in [0.1, 0.15) is 22.3 Å². The number of amides is 1. The van der Waals surface area contributed by atoms with Crippen LogP contribution in [0, 0.1) is 17.1 Å². The maximum absolute atomic E-state index is 13.5. The number of aromatic nitrogens is 1. The largest absolute Gasteiger partial charge is 0.435 e. The van der Waals surface area contributed by atoms with Crippen LogP contribution in [0.1, 0.15) is 18.4 Å². The highest BCUT2D eigenvalue weighted by Crippen LogP contribution is 2.16. The zero-order valence-electron chi connectivity index (χ0n) is 17.7. The topological polar surface area (TPSA) is 75.3 Å². The molecular weight excluding hydrogens is 467 g/mol. The Bertz CT molecular complexity index is 1420. The number of hydrogen-bond donors (Lipinski definition) is 0. The minimum atomic E-state index is -2.95. The summed E-state index contributed by atoms with van der Waals surface area (Å²) in [5.74, 6) is -0.986. The van der Waals surface area contributed by atoms with Crippen LogP contribution >= 0.6 is 11.3 Å². The first-order valence-electron chi connectivity index (χ1n) is 10.4. The molecule has 2 heterocycles. The maximum Gasteiger partial charge on any atom is 0.387 e. The summed E-state index contributed by atoms with van der Waals surface area (Å²) in [6.07, 6.45) is 3.20. The Morgan fingerprint density at radius 2 is 1.74 bits per heavy atom. The highest BCUT2D eigenvalue weighted by Gasteiger charge is 2.24. The standard InChI is InChI=1S/C24H18F3N3O3S/c25-16-5-7-17(8-6-16)30-22(32)20(13-15-3-9-18(10-4-15)33-24(26)27)34-23(30)19(14-28)21(31)29-11-1-2-12-29/h3-10,13,24H,1-2,11-12H2/b20-13-,23-19-. The highest BCUT2D eigenvalue weighted by molar-refractivity contribution is 7.07. The van der Waals surface area contributed by atoms with Crippen molar-refractivity contribution in [2.75, 3.05) is 13.1 Å². The fraction of sp³-hybridized carbons (Fsp3) is 0.208. The fourth-order valence-electron chi connectivity index (χ4n) is 3.64. The fourth-order valence-corrected chi connectivity index (χ4v) is 4.73. The number of nitriles is 1. The van der Waals surface area contributed by atoms with Crippen LogP contribution in [0.25, 0.3) is 17.3 Å². The monoisotopic (exact) mass is 485 g/mol. The Morgan fingerprint density at radius 1 is 1.09 bits per heavy atom. The van der Waals surface area contributed by atoms with E-state index in [1.165, 1.54) is 59.2 Å². The van der Waals surface area contributed by atoms with E-state index in [0.29, 0.717) is 24.3 Å². The van der Waals surface area contributed by atoms with Crippen molar-refractivity contribution in [3.63, 3.8) is 0 Å². The van der Waals surface area contributed by atoms with E-state index < -0.39 is 23.9 Å². The van der Waals surface area contributed by atoms with Crippen LogP contribution in [-0.4, -0.2) is 35.1 Å². The molecule has 0 N–H and O–H groups in total. The van der Waals surface area contributed by atoms with Gasteiger partial charge in [0.05, 0.1) is 10.2 Å². The third-order valence-corrected chi connectivity index (χ3v) is 6.34. The molecule has 1 fully saturated rings. The minimum Gasteiger partial charge on any atom is -0.435 e. The molecule has 0 unspecified atom stereocenters. The van der Waals surface area contributed by atoms with Crippen LogP contribution in [0.4, 0.5) is 13.2 Å². The van der Waals surface area contributed by atoms with Crippen molar-refractivity contribution >= 4 is 28.9 Å². The Kier molecular flexibility index (Phi) is 6.84. The Morgan fingerprint density at radius 3 is 2.32 bits per heavy atom. The molecule has 1 amide bonds. The first kappa shape index (κ1) is 23.3. The molecule has 3 aromatic rings. The molecule has 0 bridgehead atoms. The van der Waals surface area contributed by atoms with E-state index in [2.05, 4.69) is 4.74 Å². The van der Waals surface area contributed by atoms with Crippen molar-refractivity contribution in [1.29, 1.82) is 5.26 Å². The van der Waals surface area contributed by atoms with Gasteiger partial charge in [-0.25, -0.2) is 4.39 Å². The third kappa shape index (κ3) is 4.89. The molecule has 1 aliphatic rings. The summed E-state index contributed by atoms with van der Waals surface area (Å²) in [5.41, 5.74) is 0.164. The van der Waals surface area contributed by atoms with Crippen LogP contribution in [0.2, 0.25) is 0 Å². The summed E-state index contributed by atoms with van der Waals surface area (Å²) < 4.78 is 44.2. The number of halogens is 3. The second-order valence-electron chi connectivity index (χ2n) is 7.47. The second kappa shape index (κ2) is 9.97. The normalized spacial score (nSPS) is 14.9. The summed E-state index contributed by atoms with van der Waals surface area (Å²) in [6.45, 7) is -1.89. The number of likely N-dealkylation sites (tertiary alicyclic amines) is 1. The number of hydrogen-bond acceptors (Lipinski definition) is 5. The van der Waals surface area contributed by atoms with Crippen LogP contribution in [0.3, 0.4) is 0 Å². The lowest BCUT2D eigenvalue weighted by atomic mass is 10.2. The van der Waals surface area contributed by atoms with Crippen molar-refractivity contribution in [3.8, 4) is 17.5 Å². The molecule has 0 aliphatic carbocycles. The van der Waals surface area contributed by atoms with Crippen molar-refractivity contribution in [3.05, 3.63) is 79.5 Å². The Hall–Kier alpha value is -3.84. The van der Waals surface area contributed by atoms with Gasteiger partial charge < -0.3 is 9.64 Å². The van der Waals surface area contributed by atoms with E-state index in [-0.39, 0.29) is 20.5 Å². The van der Waals surface area contributed by atoms with Crippen LogP contribution in [0.15, 0.2) is 53.3 Å². The van der Waals surface area contributed by atoms with E-state index in [1.807, 2.05) is 6.07 Å². The molecule has 1 saturated heterocycles. The summed E-state index contributed by atoms with van der Waals surface area (Å²) in [6, 6.07) is 12.8. The number of carbonyl (C=O) groups is 1. The molecule has 10 heteroatoms. The molecule has 174 valence electrons. The van der Waals surface area contributed by atoms with Crippen molar-refractivity contribution < 1.29 is 22.7 Å². The molecule has 1 aromatic heterocycles. The van der Waals surface area contributed by atoms with Crippen LogP contribution in [-0.2, 0) is 4.79 Å². The maximum atomic E-state index is 13.5. The van der Waals surface area contributed by atoms with Crippen molar-refractivity contribution in [2.45, 2.75) is 19.5 Å². The molecule has 0 spiro atoms. The number of ether oxygens (including phenoxy) is 1. The van der Waals surface area contributed by atoms with E-state index in [4.69, 9.17) is 0 Å².